The first-order valence-corrected chi connectivity index (χ1v) is 22.6. The third-order valence-corrected chi connectivity index (χ3v) is 13.9. The average molecular weight is 920 g/mol. The second-order valence-corrected chi connectivity index (χ2v) is 19.6. The molecular formula is C50H65NO15. The van der Waals surface area contributed by atoms with E-state index in [1.807, 2.05) is 27.7 Å². The number of esters is 4. The number of hydrogen-bond donors (Lipinski definition) is 3. The van der Waals surface area contributed by atoms with Crippen molar-refractivity contribution in [2.24, 2.45) is 28.6 Å². The maximum Gasteiger partial charge on any atom is 0.338 e. The molecule has 12 atom stereocenters. The number of Topliss-reactive ketones (excluding diaryl/α,β-unsaturated/α-hetero) is 1. The van der Waals surface area contributed by atoms with E-state index in [1.165, 1.54) is 6.92 Å². The van der Waals surface area contributed by atoms with Gasteiger partial charge in [-0.3, -0.25) is 24.0 Å². The van der Waals surface area contributed by atoms with Crippen molar-refractivity contribution in [1.82, 2.24) is 5.32 Å². The van der Waals surface area contributed by atoms with Crippen LogP contribution in [0.15, 0.2) is 71.8 Å². The van der Waals surface area contributed by atoms with Gasteiger partial charge in [0.1, 0.15) is 23.9 Å². The van der Waals surface area contributed by atoms with E-state index in [0.717, 1.165) is 13.8 Å². The molecule has 16 nitrogen and oxygen atoms in total. The number of amides is 1. The average Bonchev–Trinajstić information content (AvgIpc) is 3.24. The number of carbonyl (C=O) groups excluding carboxylic acids is 6. The standard InChI is InChI=1S/C50H65NO15/c1-26(2)24-60-46(27(3)4)65-35-22-36-49(25-61-36,66-31(8)54)41-43(63-30(7)53)50(59)23-34(28(5)37(47(50,9)10)40(62-29(6)52)42(56)48(35,41)11)64-45(58)39(55)38(32-18-14-12-15-19-32)51-44(57)33-20-16-13-17-21-33/h12-21,26-27,34-36,38-41,43,46,55,59H,22-25H2,1-11H3,(H,51,57)/t34-,35-,36+,38-,39+,40+,41-,43-,46?,48+,49-,50+/m0/s1. The van der Waals surface area contributed by atoms with Crippen LogP contribution in [0.2, 0.25) is 0 Å². The highest BCUT2D eigenvalue weighted by Gasteiger charge is 2.79. The summed E-state index contributed by atoms with van der Waals surface area (Å²) in [6.07, 6.45) is -10.4. The predicted molar refractivity (Wildman–Crippen MR) is 236 cm³/mol. The fraction of sp³-hybridized carbons (Fsp3) is 0.600. The smallest absolute Gasteiger partial charge is 0.338 e. The molecule has 16 heteroatoms. The highest BCUT2D eigenvalue weighted by molar-refractivity contribution is 5.96. The molecule has 1 unspecified atom stereocenters. The van der Waals surface area contributed by atoms with Gasteiger partial charge in [-0.15, -0.1) is 0 Å². The summed E-state index contributed by atoms with van der Waals surface area (Å²) in [6, 6.07) is 15.2. The Kier molecular flexibility index (Phi) is 14.7. The van der Waals surface area contributed by atoms with E-state index in [4.69, 9.17) is 33.2 Å². The number of ether oxygens (including phenoxy) is 7. The maximum atomic E-state index is 16.1. The molecule has 6 rings (SSSR count). The lowest BCUT2D eigenvalue weighted by Gasteiger charge is -2.68. The van der Waals surface area contributed by atoms with Gasteiger partial charge in [0.05, 0.1) is 36.7 Å². The first-order chi connectivity index (χ1) is 30.9. The van der Waals surface area contributed by atoms with Crippen LogP contribution in [0.3, 0.4) is 0 Å². The zero-order valence-corrected chi connectivity index (χ0v) is 39.7. The van der Waals surface area contributed by atoms with Gasteiger partial charge in [0.25, 0.3) is 5.91 Å². The van der Waals surface area contributed by atoms with Crippen LogP contribution in [0.1, 0.15) is 111 Å². The summed E-state index contributed by atoms with van der Waals surface area (Å²) >= 11 is 0. The van der Waals surface area contributed by atoms with E-state index in [0.29, 0.717) is 12.2 Å². The first-order valence-electron chi connectivity index (χ1n) is 22.6. The van der Waals surface area contributed by atoms with Gasteiger partial charge in [0, 0.05) is 50.5 Å². The van der Waals surface area contributed by atoms with E-state index < -0.39 is 119 Å². The monoisotopic (exact) mass is 919 g/mol. The Bertz CT molecular complexity index is 2190. The largest absolute Gasteiger partial charge is 0.459 e. The number of carbonyl (C=O) groups is 6. The molecule has 0 radical (unpaired) electrons. The van der Waals surface area contributed by atoms with Gasteiger partial charge >= 0.3 is 23.9 Å². The second-order valence-electron chi connectivity index (χ2n) is 19.6. The van der Waals surface area contributed by atoms with E-state index in [-0.39, 0.29) is 41.6 Å². The minimum Gasteiger partial charge on any atom is -0.459 e. The normalized spacial score (nSPS) is 31.4. The molecule has 360 valence electrons. The van der Waals surface area contributed by atoms with Crippen molar-refractivity contribution in [2.45, 2.75) is 149 Å². The minimum atomic E-state index is -2.32. The predicted octanol–water partition coefficient (Wildman–Crippen LogP) is 5.12. The molecule has 2 aromatic carbocycles. The van der Waals surface area contributed by atoms with Crippen molar-refractivity contribution in [1.29, 1.82) is 0 Å². The van der Waals surface area contributed by atoms with Gasteiger partial charge in [-0.25, -0.2) is 4.79 Å². The Balaban J connectivity index is 1.53. The Labute approximate surface area is 386 Å². The second kappa shape index (κ2) is 19.3. The summed E-state index contributed by atoms with van der Waals surface area (Å²) in [5.74, 6) is -6.53. The molecule has 0 spiro atoms. The lowest BCUT2D eigenvalue weighted by molar-refractivity contribution is -0.359. The van der Waals surface area contributed by atoms with Crippen LogP contribution in [0.4, 0.5) is 0 Å². The van der Waals surface area contributed by atoms with E-state index in [1.54, 1.807) is 88.4 Å². The number of hydrogen-bond acceptors (Lipinski definition) is 15. The van der Waals surface area contributed by atoms with Crippen LogP contribution in [-0.2, 0) is 57.1 Å². The fourth-order valence-electron chi connectivity index (χ4n) is 10.6. The Hall–Kier alpha value is -5.00. The zero-order valence-electron chi connectivity index (χ0n) is 39.7. The number of fused-ring (bicyclic) bond motifs is 5. The van der Waals surface area contributed by atoms with Gasteiger partial charge in [-0.2, -0.15) is 0 Å². The Morgan fingerprint density at radius 1 is 0.864 bits per heavy atom. The number of nitrogens with one attached hydrogen (secondary N) is 1. The molecule has 1 aliphatic heterocycles. The molecule has 3 N–H and O–H groups in total. The number of benzene rings is 2. The van der Waals surface area contributed by atoms with Crippen molar-refractivity contribution >= 4 is 35.6 Å². The quantitative estimate of drug-likeness (QED) is 0.0914. The molecule has 3 fully saturated rings. The Morgan fingerprint density at radius 3 is 2.00 bits per heavy atom. The zero-order chi connectivity index (χ0) is 48.7. The lowest BCUT2D eigenvalue weighted by atomic mass is 9.44. The topological polar surface area (TPSA) is 220 Å². The van der Waals surface area contributed by atoms with Gasteiger partial charge in [0.15, 0.2) is 29.9 Å². The van der Waals surface area contributed by atoms with Gasteiger partial charge < -0.3 is 48.7 Å². The molecule has 1 saturated heterocycles. The third-order valence-electron chi connectivity index (χ3n) is 13.9. The van der Waals surface area contributed by atoms with Crippen LogP contribution in [0.25, 0.3) is 0 Å². The van der Waals surface area contributed by atoms with Crippen molar-refractivity contribution in [3.63, 3.8) is 0 Å². The van der Waals surface area contributed by atoms with Gasteiger partial charge in [-0.1, -0.05) is 90.1 Å². The highest BCUT2D eigenvalue weighted by atomic mass is 16.7. The van der Waals surface area contributed by atoms with Crippen LogP contribution in [0, 0.1) is 28.6 Å². The van der Waals surface area contributed by atoms with Crippen LogP contribution < -0.4 is 5.32 Å². The van der Waals surface area contributed by atoms with E-state index >= 15 is 4.79 Å². The van der Waals surface area contributed by atoms with Crippen molar-refractivity contribution in [3.05, 3.63) is 82.9 Å². The molecule has 1 amide bonds. The molecule has 2 aromatic rings. The van der Waals surface area contributed by atoms with Crippen LogP contribution in [0.5, 0.6) is 0 Å². The minimum absolute atomic E-state index is 0.0127. The summed E-state index contributed by atoms with van der Waals surface area (Å²) in [4.78, 5) is 83.9. The highest BCUT2D eigenvalue weighted by Crippen LogP contribution is 2.65. The number of aliphatic hydroxyl groups is 2. The van der Waals surface area contributed by atoms with Gasteiger partial charge in [0.2, 0.25) is 0 Å². The Morgan fingerprint density at radius 2 is 1.47 bits per heavy atom. The number of aliphatic hydroxyl groups excluding tert-OH is 1. The van der Waals surface area contributed by atoms with Crippen LogP contribution >= 0.6 is 0 Å². The third kappa shape index (κ3) is 9.18. The molecule has 3 aliphatic carbocycles. The van der Waals surface area contributed by atoms with Crippen molar-refractivity contribution in [3.8, 4) is 0 Å². The van der Waals surface area contributed by atoms with Crippen LogP contribution in [-0.4, -0.2) is 113 Å². The molecular weight excluding hydrogens is 855 g/mol. The summed E-state index contributed by atoms with van der Waals surface area (Å²) in [7, 11) is 0. The summed E-state index contributed by atoms with van der Waals surface area (Å²) < 4.78 is 43.9. The first kappa shape index (κ1) is 50.4. The number of rotatable bonds is 15. The lowest BCUT2D eigenvalue weighted by Crippen LogP contribution is -2.82. The summed E-state index contributed by atoms with van der Waals surface area (Å²) in [6.45, 7) is 17.6. The molecule has 66 heavy (non-hydrogen) atoms. The molecule has 1 heterocycles. The molecule has 4 aliphatic rings. The molecule has 0 aromatic heterocycles. The summed E-state index contributed by atoms with van der Waals surface area (Å²) in [5.41, 5.74) is -6.63. The molecule has 2 saturated carbocycles. The number of ketones is 1. The maximum absolute atomic E-state index is 16.1. The van der Waals surface area contributed by atoms with E-state index in [9.17, 15) is 34.2 Å². The SMILES string of the molecule is CC(=O)O[C@H]1C(=O)[C@]2(C)[C@@H](OC(OCC(C)C)C(C)C)C[C@H]3OC[C@@]3(OC(C)=O)[C@H]2[C@H](OC(C)=O)[C@]2(O)C[C@H](OC(=O)[C@H](O)[C@@H](NC(=O)c3ccccc3)c3ccccc3)C(C)=C1C2(C)C. The summed E-state index contributed by atoms with van der Waals surface area (Å²) in [5, 5.41) is 28.3. The van der Waals surface area contributed by atoms with Crippen molar-refractivity contribution < 1.29 is 72.1 Å². The fourth-order valence-corrected chi connectivity index (χ4v) is 10.6. The van der Waals surface area contributed by atoms with Gasteiger partial charge in [-0.05, 0) is 48.6 Å². The van der Waals surface area contributed by atoms with Crippen molar-refractivity contribution in [2.75, 3.05) is 13.2 Å². The van der Waals surface area contributed by atoms with E-state index in [2.05, 4.69) is 5.32 Å². The molecule has 2 bridgehead atoms.